The molecule has 0 spiro atoms. The molecule has 0 saturated heterocycles. The molecule has 0 amide bonds. The van der Waals surface area contributed by atoms with Gasteiger partial charge >= 0.3 is 0 Å². The quantitative estimate of drug-likeness (QED) is 0.756. The van der Waals surface area contributed by atoms with Crippen molar-refractivity contribution < 1.29 is 13.7 Å². The van der Waals surface area contributed by atoms with E-state index >= 15 is 0 Å². The third-order valence-corrected chi connectivity index (χ3v) is 5.14. The Bertz CT molecular complexity index is 838. The molecule has 1 aromatic carbocycles. The van der Waals surface area contributed by atoms with Crippen molar-refractivity contribution in [3.8, 4) is 21.6 Å². The maximum atomic E-state index is 12.9. The van der Waals surface area contributed by atoms with Gasteiger partial charge in [-0.2, -0.15) is 4.98 Å². The first-order valence-electron chi connectivity index (χ1n) is 7.79. The Kier molecular flexibility index (Phi) is 3.82. The van der Waals surface area contributed by atoms with Gasteiger partial charge < -0.3 is 15.0 Å². The summed E-state index contributed by atoms with van der Waals surface area (Å²) in [5.74, 6) is 1.29. The zero-order chi connectivity index (χ0) is 16.6. The van der Waals surface area contributed by atoms with Gasteiger partial charge in [-0.05, 0) is 49.2 Å². The third kappa shape index (κ3) is 2.92. The highest BCUT2D eigenvalue weighted by Gasteiger charge is 2.36. The molecule has 124 valence electrons. The van der Waals surface area contributed by atoms with Gasteiger partial charge in [0.15, 0.2) is 10.9 Å². The minimum Gasteiger partial charge on any atom is -0.447 e. The smallest absolute Gasteiger partial charge is 0.268 e. The topological polar surface area (TPSA) is 74.2 Å². The van der Waals surface area contributed by atoms with E-state index in [4.69, 9.17) is 15.0 Å². The van der Waals surface area contributed by atoms with E-state index in [1.807, 2.05) is 12.1 Å². The van der Waals surface area contributed by atoms with Gasteiger partial charge in [0.25, 0.3) is 5.89 Å². The van der Waals surface area contributed by atoms with Gasteiger partial charge in [-0.3, -0.25) is 0 Å². The Morgan fingerprint density at radius 3 is 2.62 bits per heavy atom. The van der Waals surface area contributed by atoms with E-state index in [1.165, 1.54) is 23.5 Å². The fourth-order valence-electron chi connectivity index (χ4n) is 2.86. The molecule has 5 nitrogen and oxygen atoms in total. The predicted molar refractivity (Wildman–Crippen MR) is 88.4 cm³/mol. The van der Waals surface area contributed by atoms with Gasteiger partial charge in [0, 0.05) is 0 Å². The average molecular weight is 345 g/mol. The van der Waals surface area contributed by atoms with E-state index in [9.17, 15) is 4.39 Å². The first-order valence-corrected chi connectivity index (χ1v) is 8.61. The standard InChI is InChI=1S/C17H16FN3O2S/c18-11-3-5-12(6-4-11)22-14-8-7-13(24-14)15-20-16(21-23-15)17(19)9-1-2-10-17/h3-8H,1-2,9-10,19H2. The first-order chi connectivity index (χ1) is 11.6. The SMILES string of the molecule is NC1(c2noc(-c3ccc(Oc4ccc(F)cc4)s3)n2)CCCC1. The molecule has 0 bridgehead atoms. The number of ether oxygens (including phenoxy) is 1. The molecular formula is C17H16FN3O2S. The van der Waals surface area contributed by atoms with Gasteiger partial charge in [0.05, 0.1) is 10.4 Å². The molecule has 7 heteroatoms. The normalized spacial score (nSPS) is 16.4. The van der Waals surface area contributed by atoms with Crippen molar-refractivity contribution in [1.29, 1.82) is 0 Å². The summed E-state index contributed by atoms with van der Waals surface area (Å²) in [6.07, 6.45) is 3.95. The lowest BCUT2D eigenvalue weighted by Gasteiger charge is -2.17. The van der Waals surface area contributed by atoms with Crippen molar-refractivity contribution in [3.63, 3.8) is 0 Å². The molecule has 0 atom stereocenters. The minimum atomic E-state index is -0.466. The first kappa shape index (κ1) is 15.3. The number of benzene rings is 1. The van der Waals surface area contributed by atoms with Crippen LogP contribution >= 0.6 is 11.3 Å². The molecule has 24 heavy (non-hydrogen) atoms. The second kappa shape index (κ2) is 5.99. The summed E-state index contributed by atoms with van der Waals surface area (Å²) in [4.78, 5) is 5.28. The number of thiophene rings is 1. The average Bonchev–Trinajstić information content (AvgIpc) is 3.30. The Morgan fingerprint density at radius 1 is 1.12 bits per heavy atom. The van der Waals surface area contributed by atoms with E-state index in [1.54, 1.807) is 12.1 Å². The summed E-state index contributed by atoms with van der Waals surface area (Å²) in [5.41, 5.74) is 5.89. The van der Waals surface area contributed by atoms with Crippen molar-refractivity contribution in [1.82, 2.24) is 10.1 Å². The molecule has 1 aliphatic carbocycles. The van der Waals surface area contributed by atoms with Gasteiger partial charge in [-0.25, -0.2) is 4.39 Å². The Labute approximate surface area is 142 Å². The van der Waals surface area contributed by atoms with Crippen LogP contribution in [0.25, 0.3) is 10.8 Å². The van der Waals surface area contributed by atoms with Crippen LogP contribution in [-0.4, -0.2) is 10.1 Å². The summed E-state index contributed by atoms with van der Waals surface area (Å²) in [6, 6.07) is 9.56. The van der Waals surface area contributed by atoms with Gasteiger partial charge in [-0.1, -0.05) is 29.3 Å². The number of hydrogen-bond acceptors (Lipinski definition) is 6. The molecule has 2 heterocycles. The van der Waals surface area contributed by atoms with E-state index < -0.39 is 5.54 Å². The minimum absolute atomic E-state index is 0.296. The highest BCUT2D eigenvalue weighted by atomic mass is 32.1. The van der Waals surface area contributed by atoms with Crippen molar-refractivity contribution in [2.24, 2.45) is 5.73 Å². The van der Waals surface area contributed by atoms with Crippen LogP contribution in [0.3, 0.4) is 0 Å². The third-order valence-electron chi connectivity index (χ3n) is 4.19. The molecule has 2 N–H and O–H groups in total. The highest BCUT2D eigenvalue weighted by molar-refractivity contribution is 7.17. The van der Waals surface area contributed by atoms with Crippen LogP contribution < -0.4 is 10.5 Å². The number of halogens is 1. The van der Waals surface area contributed by atoms with E-state index in [0.717, 1.165) is 30.6 Å². The second-order valence-electron chi connectivity index (χ2n) is 5.96. The van der Waals surface area contributed by atoms with Crippen LogP contribution in [0.2, 0.25) is 0 Å². The number of nitrogens with zero attached hydrogens (tertiary/aromatic N) is 2. The summed E-state index contributed by atoms with van der Waals surface area (Å²) < 4.78 is 24.0. The zero-order valence-corrected chi connectivity index (χ0v) is 13.7. The van der Waals surface area contributed by atoms with E-state index in [-0.39, 0.29) is 5.82 Å². The highest BCUT2D eigenvalue weighted by Crippen LogP contribution is 2.38. The van der Waals surface area contributed by atoms with Crippen LogP contribution in [0.15, 0.2) is 40.9 Å². The predicted octanol–water partition coefficient (Wildman–Crippen LogP) is 4.46. The number of aromatic nitrogens is 2. The summed E-state index contributed by atoms with van der Waals surface area (Å²) >= 11 is 1.39. The summed E-state index contributed by atoms with van der Waals surface area (Å²) in [6.45, 7) is 0. The fraction of sp³-hybridized carbons (Fsp3) is 0.294. The Balaban J connectivity index is 1.52. The van der Waals surface area contributed by atoms with Crippen LogP contribution in [0.5, 0.6) is 10.8 Å². The Hall–Kier alpha value is -2.25. The summed E-state index contributed by atoms with van der Waals surface area (Å²) in [7, 11) is 0. The van der Waals surface area contributed by atoms with Crippen LogP contribution in [0.1, 0.15) is 31.5 Å². The van der Waals surface area contributed by atoms with Crippen molar-refractivity contribution in [2.45, 2.75) is 31.2 Å². The number of rotatable bonds is 4. The number of nitrogens with two attached hydrogens (primary N) is 1. The second-order valence-corrected chi connectivity index (χ2v) is 7.01. The van der Waals surface area contributed by atoms with E-state index in [0.29, 0.717) is 22.5 Å². The summed E-state index contributed by atoms with van der Waals surface area (Å²) in [5, 5.41) is 4.73. The molecular weight excluding hydrogens is 329 g/mol. The van der Waals surface area contributed by atoms with Crippen LogP contribution in [0.4, 0.5) is 4.39 Å². The Morgan fingerprint density at radius 2 is 1.88 bits per heavy atom. The lowest BCUT2D eigenvalue weighted by Crippen LogP contribution is -2.34. The molecule has 3 aromatic rings. The van der Waals surface area contributed by atoms with Crippen molar-refractivity contribution >= 4 is 11.3 Å². The number of hydrogen-bond donors (Lipinski definition) is 1. The molecule has 0 unspecified atom stereocenters. The molecule has 1 saturated carbocycles. The lowest BCUT2D eigenvalue weighted by molar-refractivity contribution is 0.373. The van der Waals surface area contributed by atoms with E-state index in [2.05, 4.69) is 10.1 Å². The van der Waals surface area contributed by atoms with Crippen LogP contribution in [0, 0.1) is 5.82 Å². The van der Waals surface area contributed by atoms with Gasteiger partial charge in [-0.15, -0.1) is 0 Å². The molecule has 0 radical (unpaired) electrons. The molecule has 2 aromatic heterocycles. The molecule has 0 aliphatic heterocycles. The molecule has 1 aliphatic rings. The fourth-order valence-corrected chi connectivity index (χ4v) is 3.66. The maximum absolute atomic E-state index is 12.9. The van der Waals surface area contributed by atoms with Crippen molar-refractivity contribution in [3.05, 3.63) is 48.0 Å². The maximum Gasteiger partial charge on any atom is 0.268 e. The lowest BCUT2D eigenvalue weighted by atomic mass is 9.99. The zero-order valence-electron chi connectivity index (χ0n) is 12.9. The molecule has 1 fully saturated rings. The largest absolute Gasteiger partial charge is 0.447 e. The molecule has 4 rings (SSSR count). The van der Waals surface area contributed by atoms with Gasteiger partial charge in [0.1, 0.15) is 11.6 Å². The monoisotopic (exact) mass is 345 g/mol. The van der Waals surface area contributed by atoms with Crippen molar-refractivity contribution in [2.75, 3.05) is 0 Å². The van der Waals surface area contributed by atoms with Crippen LogP contribution in [-0.2, 0) is 5.54 Å². The van der Waals surface area contributed by atoms with Gasteiger partial charge in [0.2, 0.25) is 0 Å².